The molecule has 7 heteroatoms. The van der Waals surface area contributed by atoms with Crippen molar-refractivity contribution in [3.63, 3.8) is 0 Å². The van der Waals surface area contributed by atoms with Gasteiger partial charge in [-0.25, -0.2) is 4.79 Å². The molecule has 4 saturated carbocycles. The summed E-state index contributed by atoms with van der Waals surface area (Å²) in [4.78, 5) is 15.7. The Kier molecular flexibility index (Phi) is 6.85. The maximum Gasteiger partial charge on any atom is 0.410 e. The van der Waals surface area contributed by atoms with Crippen molar-refractivity contribution in [1.82, 2.24) is 4.90 Å². The van der Waals surface area contributed by atoms with Crippen molar-refractivity contribution in [3.05, 3.63) is 29.8 Å². The highest BCUT2D eigenvalue weighted by Crippen LogP contribution is 2.67. The van der Waals surface area contributed by atoms with Gasteiger partial charge in [0, 0.05) is 12.1 Å². The van der Waals surface area contributed by atoms with Crippen molar-refractivity contribution >= 4 is 16.2 Å². The number of amides is 1. The van der Waals surface area contributed by atoms with Gasteiger partial charge in [-0.05, 0) is 108 Å². The van der Waals surface area contributed by atoms with Crippen LogP contribution < -0.4 is 0 Å². The molecular weight excluding hydrogens is 462 g/mol. The summed E-state index contributed by atoms with van der Waals surface area (Å²) in [5.41, 5.74) is 0.828. The van der Waals surface area contributed by atoms with Gasteiger partial charge in [-0.2, -0.15) is 8.42 Å². The van der Waals surface area contributed by atoms with E-state index in [0.29, 0.717) is 25.3 Å². The van der Waals surface area contributed by atoms with Gasteiger partial charge in [0.2, 0.25) is 0 Å². The summed E-state index contributed by atoms with van der Waals surface area (Å²) in [6.45, 7) is 13.1. The molecule has 35 heavy (non-hydrogen) atoms. The van der Waals surface area contributed by atoms with Gasteiger partial charge in [0.1, 0.15) is 5.60 Å². The van der Waals surface area contributed by atoms with Gasteiger partial charge in [-0.15, -0.1) is 0 Å². The fourth-order valence-electron chi connectivity index (χ4n) is 7.84. The van der Waals surface area contributed by atoms with Crippen LogP contribution in [-0.2, 0) is 19.0 Å². The van der Waals surface area contributed by atoms with Gasteiger partial charge in [-0.1, -0.05) is 31.5 Å². The Balaban J connectivity index is 1.43. The predicted molar refractivity (Wildman–Crippen MR) is 137 cm³/mol. The van der Waals surface area contributed by atoms with Crippen LogP contribution in [0.15, 0.2) is 29.2 Å². The molecule has 5 rings (SSSR count). The first-order chi connectivity index (χ1) is 16.1. The highest BCUT2D eigenvalue weighted by molar-refractivity contribution is 7.86. The van der Waals surface area contributed by atoms with E-state index in [1.807, 2.05) is 32.6 Å². The molecule has 4 aliphatic carbocycles. The molecule has 4 atom stereocenters. The number of aryl methyl sites for hydroxylation is 1. The van der Waals surface area contributed by atoms with Crippen LogP contribution in [0.5, 0.6) is 0 Å². The molecule has 0 spiro atoms. The fraction of sp³-hybridized carbons (Fsp3) is 0.750. The van der Waals surface area contributed by atoms with E-state index in [0.717, 1.165) is 24.8 Å². The topological polar surface area (TPSA) is 72.9 Å². The molecule has 1 amide bonds. The minimum absolute atomic E-state index is 0.101. The smallest absolute Gasteiger partial charge is 0.410 e. The average Bonchev–Trinajstić information content (AvgIpc) is 2.66. The van der Waals surface area contributed by atoms with Crippen LogP contribution in [0, 0.1) is 23.7 Å². The van der Waals surface area contributed by atoms with Crippen molar-refractivity contribution in [3.8, 4) is 0 Å². The normalized spacial score (nSPS) is 32.0. The van der Waals surface area contributed by atoms with E-state index in [1.165, 1.54) is 19.3 Å². The molecule has 1 aromatic rings. The van der Waals surface area contributed by atoms with Gasteiger partial charge in [-0.3, -0.25) is 4.18 Å². The molecule has 0 saturated heterocycles. The van der Waals surface area contributed by atoms with Crippen molar-refractivity contribution in [2.24, 2.45) is 16.7 Å². The monoisotopic (exact) mass is 505 g/mol. The van der Waals surface area contributed by atoms with E-state index in [-0.39, 0.29) is 34.0 Å². The minimum Gasteiger partial charge on any atom is -0.444 e. The SMILES string of the molecule is Cc1ccc(S(=O)(=O)OCCCCN(C(=O)OC(C)(C)C)C23C[C@@H]4C[C@@](C)(C2)C[C@](C)(C4)C3)cc1. The molecule has 0 aromatic heterocycles. The predicted octanol–water partition coefficient (Wildman–Crippen LogP) is 6.47. The summed E-state index contributed by atoms with van der Waals surface area (Å²) in [7, 11) is -3.78. The lowest BCUT2D eigenvalue weighted by atomic mass is 9.42. The van der Waals surface area contributed by atoms with Gasteiger partial charge in [0.15, 0.2) is 0 Å². The quantitative estimate of drug-likeness (QED) is 0.299. The molecular formula is C28H43NO5S. The van der Waals surface area contributed by atoms with Crippen LogP contribution in [0.25, 0.3) is 0 Å². The summed E-state index contributed by atoms with van der Waals surface area (Å²) >= 11 is 0. The average molecular weight is 506 g/mol. The molecule has 0 N–H and O–H groups in total. The van der Waals surface area contributed by atoms with Gasteiger partial charge >= 0.3 is 6.09 Å². The Bertz CT molecular complexity index is 1020. The Hall–Kier alpha value is -1.60. The second-order valence-corrected chi connectivity index (χ2v) is 14.9. The second kappa shape index (κ2) is 9.05. The summed E-state index contributed by atoms with van der Waals surface area (Å²) in [5, 5.41) is 0. The van der Waals surface area contributed by atoms with Crippen LogP contribution in [0.2, 0.25) is 0 Å². The lowest BCUT2D eigenvalue weighted by molar-refractivity contribution is -0.157. The Morgan fingerprint density at radius 3 is 2.14 bits per heavy atom. The first-order valence-corrected chi connectivity index (χ1v) is 14.5. The summed E-state index contributed by atoms with van der Waals surface area (Å²) in [6.07, 6.45) is 7.86. The first-order valence-electron chi connectivity index (χ1n) is 13.1. The number of benzene rings is 1. The zero-order valence-corrected chi connectivity index (χ0v) is 23.2. The van der Waals surface area contributed by atoms with Crippen LogP contribution in [-0.4, -0.2) is 43.7 Å². The maximum atomic E-state index is 13.5. The maximum absolute atomic E-state index is 13.5. The number of carbonyl (C=O) groups excluding carboxylic acids is 1. The number of rotatable bonds is 8. The molecule has 0 heterocycles. The number of unbranched alkanes of at least 4 members (excludes halogenated alkanes) is 1. The summed E-state index contributed by atoms with van der Waals surface area (Å²) in [5.74, 6) is 0.661. The molecule has 4 bridgehead atoms. The van der Waals surface area contributed by atoms with E-state index in [1.54, 1.807) is 24.3 Å². The van der Waals surface area contributed by atoms with E-state index in [4.69, 9.17) is 8.92 Å². The highest BCUT2D eigenvalue weighted by Gasteiger charge is 2.62. The van der Waals surface area contributed by atoms with E-state index >= 15 is 0 Å². The number of ether oxygens (including phenoxy) is 1. The third kappa shape index (κ3) is 5.87. The van der Waals surface area contributed by atoms with Gasteiger partial charge < -0.3 is 9.64 Å². The lowest BCUT2D eigenvalue weighted by Crippen LogP contribution is -2.66. The summed E-state index contributed by atoms with van der Waals surface area (Å²) in [6, 6.07) is 6.68. The van der Waals surface area contributed by atoms with Crippen molar-refractivity contribution in [1.29, 1.82) is 0 Å². The van der Waals surface area contributed by atoms with Crippen LogP contribution in [0.4, 0.5) is 4.79 Å². The highest BCUT2D eigenvalue weighted by atomic mass is 32.2. The Morgan fingerprint density at radius 1 is 1.00 bits per heavy atom. The number of hydrogen-bond donors (Lipinski definition) is 0. The van der Waals surface area contributed by atoms with Crippen molar-refractivity contribution in [2.45, 2.75) is 109 Å². The lowest BCUT2D eigenvalue weighted by Gasteiger charge is -2.67. The molecule has 1 aromatic carbocycles. The van der Waals surface area contributed by atoms with Crippen molar-refractivity contribution < 1.29 is 22.1 Å². The largest absolute Gasteiger partial charge is 0.444 e. The first kappa shape index (κ1) is 26.5. The van der Waals surface area contributed by atoms with Gasteiger partial charge in [0.05, 0.1) is 11.5 Å². The molecule has 4 aliphatic rings. The fourth-order valence-corrected chi connectivity index (χ4v) is 8.78. The second-order valence-electron chi connectivity index (χ2n) is 13.3. The minimum atomic E-state index is -3.78. The Labute approximate surface area is 211 Å². The van der Waals surface area contributed by atoms with Crippen molar-refractivity contribution in [2.75, 3.05) is 13.2 Å². The summed E-state index contributed by atoms with van der Waals surface area (Å²) < 4.78 is 36.2. The molecule has 0 radical (unpaired) electrons. The van der Waals surface area contributed by atoms with Crippen LogP contribution in [0.1, 0.15) is 91.5 Å². The van der Waals surface area contributed by atoms with Crippen LogP contribution >= 0.6 is 0 Å². The third-order valence-electron chi connectivity index (χ3n) is 8.11. The number of carbonyl (C=O) groups is 1. The van der Waals surface area contributed by atoms with E-state index in [9.17, 15) is 13.2 Å². The zero-order valence-electron chi connectivity index (χ0n) is 22.4. The van der Waals surface area contributed by atoms with E-state index < -0.39 is 15.7 Å². The molecule has 1 unspecified atom stereocenters. The molecule has 6 nitrogen and oxygen atoms in total. The number of hydrogen-bond acceptors (Lipinski definition) is 5. The zero-order chi connectivity index (χ0) is 25.7. The van der Waals surface area contributed by atoms with E-state index in [2.05, 4.69) is 13.8 Å². The molecule has 0 aliphatic heterocycles. The third-order valence-corrected chi connectivity index (χ3v) is 9.43. The number of nitrogens with zero attached hydrogens (tertiary/aromatic N) is 1. The van der Waals surface area contributed by atoms with Crippen LogP contribution in [0.3, 0.4) is 0 Å². The Morgan fingerprint density at radius 2 is 1.60 bits per heavy atom. The molecule has 4 fully saturated rings. The van der Waals surface area contributed by atoms with Gasteiger partial charge in [0.25, 0.3) is 10.1 Å². The molecule has 196 valence electrons. The standard InChI is InChI=1S/C28H43NO5S/c1-21-9-11-23(12-10-21)35(31,32)33-14-8-7-13-29(24(30)34-25(2,3)4)28-17-22-15-26(5,19-28)18-27(6,16-22)20-28/h9-12,22H,7-8,13-20H2,1-6H3/t22-,26-,27+,28?.